The minimum atomic E-state index is 0.415. The lowest BCUT2D eigenvalue weighted by atomic mass is 9.87. The molecule has 0 saturated carbocycles. The number of nitrogens with one attached hydrogen (secondary N) is 1. The fraction of sp³-hybridized carbons (Fsp3) is 0.625. The van der Waals surface area contributed by atoms with Gasteiger partial charge in [0.2, 0.25) is 0 Å². The third-order valence-electron chi connectivity index (χ3n) is 3.11. The summed E-state index contributed by atoms with van der Waals surface area (Å²) >= 11 is 0. The molecule has 96 valence electrons. The molecule has 0 bridgehead atoms. The summed E-state index contributed by atoms with van der Waals surface area (Å²) in [5.41, 5.74) is 3.17. The summed E-state index contributed by atoms with van der Waals surface area (Å²) in [6.07, 6.45) is 2.46. The average Bonchev–Trinajstić information content (AvgIpc) is 2.24. The van der Waals surface area contributed by atoms with Crippen molar-refractivity contribution >= 4 is 0 Å². The van der Waals surface area contributed by atoms with E-state index in [9.17, 15) is 0 Å². The highest BCUT2D eigenvalue weighted by Gasteiger charge is 2.15. The first-order valence-corrected chi connectivity index (χ1v) is 6.72. The van der Waals surface area contributed by atoms with Crippen molar-refractivity contribution in [3.05, 3.63) is 35.4 Å². The third kappa shape index (κ3) is 5.36. The Morgan fingerprint density at radius 3 is 2.18 bits per heavy atom. The summed E-state index contributed by atoms with van der Waals surface area (Å²) in [5.74, 6) is 0. The second-order valence-corrected chi connectivity index (χ2v) is 6.12. The maximum absolute atomic E-state index is 3.59. The SMILES string of the molecule is CCNC(CCC(C)(C)C)c1ccc(C)cc1. The molecule has 1 aromatic carbocycles. The van der Waals surface area contributed by atoms with E-state index in [2.05, 4.69) is 64.2 Å². The minimum Gasteiger partial charge on any atom is -0.310 e. The van der Waals surface area contributed by atoms with Crippen molar-refractivity contribution in [1.82, 2.24) is 5.32 Å². The molecular formula is C16H27N. The summed E-state index contributed by atoms with van der Waals surface area (Å²) < 4.78 is 0. The lowest BCUT2D eigenvalue weighted by molar-refractivity contribution is 0.334. The first-order valence-electron chi connectivity index (χ1n) is 6.72. The molecule has 0 spiro atoms. The molecule has 0 heterocycles. The van der Waals surface area contributed by atoms with Gasteiger partial charge in [-0.1, -0.05) is 57.5 Å². The van der Waals surface area contributed by atoms with E-state index in [0.29, 0.717) is 11.5 Å². The molecule has 1 atom stereocenters. The lowest BCUT2D eigenvalue weighted by Crippen LogP contribution is -2.22. The first kappa shape index (κ1) is 14.2. The number of hydrogen-bond donors (Lipinski definition) is 1. The zero-order valence-electron chi connectivity index (χ0n) is 12.0. The Morgan fingerprint density at radius 2 is 1.71 bits per heavy atom. The van der Waals surface area contributed by atoms with Gasteiger partial charge in [0.25, 0.3) is 0 Å². The van der Waals surface area contributed by atoms with Gasteiger partial charge in [-0.25, -0.2) is 0 Å². The van der Waals surface area contributed by atoms with Crippen molar-refractivity contribution in [1.29, 1.82) is 0 Å². The second-order valence-electron chi connectivity index (χ2n) is 6.12. The topological polar surface area (TPSA) is 12.0 Å². The molecule has 0 aromatic heterocycles. The summed E-state index contributed by atoms with van der Waals surface area (Å²) in [6, 6.07) is 9.42. The maximum Gasteiger partial charge on any atom is 0.0320 e. The Labute approximate surface area is 107 Å². The average molecular weight is 233 g/mol. The van der Waals surface area contributed by atoms with Crippen molar-refractivity contribution in [2.45, 2.75) is 53.5 Å². The van der Waals surface area contributed by atoms with Crippen molar-refractivity contribution in [3.63, 3.8) is 0 Å². The molecule has 1 nitrogen and oxygen atoms in total. The minimum absolute atomic E-state index is 0.415. The monoisotopic (exact) mass is 233 g/mol. The van der Waals surface area contributed by atoms with Gasteiger partial charge < -0.3 is 5.32 Å². The summed E-state index contributed by atoms with van der Waals surface area (Å²) in [7, 11) is 0. The van der Waals surface area contributed by atoms with Gasteiger partial charge in [-0.2, -0.15) is 0 Å². The van der Waals surface area contributed by atoms with Crippen LogP contribution in [-0.2, 0) is 0 Å². The van der Waals surface area contributed by atoms with Crippen LogP contribution >= 0.6 is 0 Å². The second kappa shape index (κ2) is 6.20. The zero-order chi connectivity index (χ0) is 12.9. The van der Waals surface area contributed by atoms with E-state index in [0.717, 1.165) is 6.54 Å². The third-order valence-corrected chi connectivity index (χ3v) is 3.11. The normalized spacial score (nSPS) is 13.7. The van der Waals surface area contributed by atoms with Crippen LogP contribution in [-0.4, -0.2) is 6.54 Å². The van der Waals surface area contributed by atoms with Crippen LogP contribution in [0.5, 0.6) is 0 Å². The van der Waals surface area contributed by atoms with Crippen molar-refractivity contribution in [2.24, 2.45) is 5.41 Å². The summed E-state index contributed by atoms with van der Waals surface area (Å²) in [6.45, 7) is 12.3. The molecule has 0 aliphatic heterocycles. The van der Waals surface area contributed by atoms with E-state index >= 15 is 0 Å². The van der Waals surface area contributed by atoms with Gasteiger partial charge in [0.15, 0.2) is 0 Å². The molecule has 0 fully saturated rings. The van der Waals surface area contributed by atoms with Gasteiger partial charge in [0.1, 0.15) is 0 Å². The predicted molar refractivity (Wildman–Crippen MR) is 76.3 cm³/mol. The first-order chi connectivity index (χ1) is 7.92. The standard InChI is InChI=1S/C16H27N/c1-6-17-15(11-12-16(3,4)5)14-9-7-13(2)8-10-14/h7-10,15,17H,6,11-12H2,1-5H3. The highest BCUT2D eigenvalue weighted by atomic mass is 14.9. The quantitative estimate of drug-likeness (QED) is 0.791. The largest absolute Gasteiger partial charge is 0.310 e. The smallest absolute Gasteiger partial charge is 0.0320 e. The highest BCUT2D eigenvalue weighted by Crippen LogP contribution is 2.27. The van der Waals surface area contributed by atoms with Gasteiger partial charge in [-0.05, 0) is 37.3 Å². The van der Waals surface area contributed by atoms with E-state index in [1.165, 1.54) is 24.0 Å². The lowest BCUT2D eigenvalue weighted by Gasteiger charge is -2.24. The van der Waals surface area contributed by atoms with Crippen molar-refractivity contribution in [3.8, 4) is 0 Å². The molecule has 0 saturated heterocycles. The van der Waals surface area contributed by atoms with Gasteiger partial charge in [0.05, 0.1) is 0 Å². The van der Waals surface area contributed by atoms with E-state index in [1.54, 1.807) is 0 Å². The Bertz CT molecular complexity index is 318. The van der Waals surface area contributed by atoms with Crippen molar-refractivity contribution < 1.29 is 0 Å². The Morgan fingerprint density at radius 1 is 1.12 bits per heavy atom. The zero-order valence-corrected chi connectivity index (χ0v) is 12.0. The Balaban J connectivity index is 2.68. The number of hydrogen-bond acceptors (Lipinski definition) is 1. The predicted octanol–water partition coefficient (Wildman–Crippen LogP) is 4.47. The van der Waals surface area contributed by atoms with Crippen molar-refractivity contribution in [2.75, 3.05) is 6.54 Å². The van der Waals surface area contributed by atoms with E-state index < -0.39 is 0 Å². The van der Waals surface area contributed by atoms with Crippen LogP contribution in [0.15, 0.2) is 24.3 Å². The molecule has 0 aliphatic rings. The maximum atomic E-state index is 3.59. The molecule has 0 radical (unpaired) electrons. The number of benzene rings is 1. The summed E-state index contributed by atoms with van der Waals surface area (Å²) in [5, 5.41) is 3.59. The van der Waals surface area contributed by atoms with E-state index in [-0.39, 0.29) is 0 Å². The van der Waals surface area contributed by atoms with E-state index in [4.69, 9.17) is 0 Å². The van der Waals surface area contributed by atoms with Crippen LogP contribution in [0.2, 0.25) is 0 Å². The molecule has 0 aliphatic carbocycles. The van der Waals surface area contributed by atoms with Crippen LogP contribution in [0.4, 0.5) is 0 Å². The van der Waals surface area contributed by atoms with Gasteiger partial charge in [-0.15, -0.1) is 0 Å². The van der Waals surface area contributed by atoms with Gasteiger partial charge >= 0.3 is 0 Å². The van der Waals surface area contributed by atoms with Crippen LogP contribution in [0, 0.1) is 12.3 Å². The summed E-state index contributed by atoms with van der Waals surface area (Å²) in [4.78, 5) is 0. The Kier molecular flexibility index (Phi) is 5.20. The van der Waals surface area contributed by atoms with E-state index in [1.807, 2.05) is 0 Å². The highest BCUT2D eigenvalue weighted by molar-refractivity contribution is 5.24. The molecule has 17 heavy (non-hydrogen) atoms. The van der Waals surface area contributed by atoms with Crippen LogP contribution in [0.1, 0.15) is 57.7 Å². The molecule has 1 rings (SSSR count). The van der Waals surface area contributed by atoms with Crippen LogP contribution in [0.25, 0.3) is 0 Å². The fourth-order valence-electron chi connectivity index (χ4n) is 2.01. The molecule has 0 amide bonds. The van der Waals surface area contributed by atoms with Gasteiger partial charge in [-0.3, -0.25) is 0 Å². The number of aryl methyl sites for hydroxylation is 1. The molecule has 1 N–H and O–H groups in total. The van der Waals surface area contributed by atoms with Crippen LogP contribution in [0.3, 0.4) is 0 Å². The van der Waals surface area contributed by atoms with Crippen LogP contribution < -0.4 is 5.32 Å². The molecule has 1 aromatic rings. The molecule has 1 heteroatoms. The number of rotatable bonds is 5. The molecule has 1 unspecified atom stereocenters. The van der Waals surface area contributed by atoms with Gasteiger partial charge in [0, 0.05) is 6.04 Å². The fourth-order valence-corrected chi connectivity index (χ4v) is 2.01. The molecular weight excluding hydrogens is 206 g/mol. The Hall–Kier alpha value is -0.820.